The third kappa shape index (κ3) is 42.1. The Bertz CT molecular complexity index is 1020. The molecule has 6 nitrogen and oxygen atoms in total. The van der Waals surface area contributed by atoms with E-state index in [-0.39, 0.29) is 31.6 Å². The predicted molar refractivity (Wildman–Crippen MR) is 233 cm³/mol. The summed E-state index contributed by atoms with van der Waals surface area (Å²) in [5, 5.41) is 0. The molecule has 0 aliphatic heterocycles. The van der Waals surface area contributed by atoms with Gasteiger partial charge in [0.25, 0.3) is 0 Å². The second kappa shape index (κ2) is 43.8. The van der Waals surface area contributed by atoms with Crippen molar-refractivity contribution in [3.63, 3.8) is 0 Å². The lowest BCUT2D eigenvalue weighted by atomic mass is 10.0. The van der Waals surface area contributed by atoms with E-state index in [9.17, 15) is 14.4 Å². The number of rotatable bonds is 40. The molecule has 6 heteroatoms. The van der Waals surface area contributed by atoms with Crippen LogP contribution in [0.25, 0.3) is 0 Å². The number of carbonyl (C=O) groups excluding carboxylic acids is 3. The largest absolute Gasteiger partial charge is 0.462 e. The van der Waals surface area contributed by atoms with Gasteiger partial charge >= 0.3 is 17.9 Å². The molecule has 1 atom stereocenters. The molecule has 1 unspecified atom stereocenters. The average Bonchev–Trinajstić information content (AvgIpc) is 3.18. The van der Waals surface area contributed by atoms with E-state index in [0.29, 0.717) is 12.8 Å². The van der Waals surface area contributed by atoms with Crippen LogP contribution in [0.1, 0.15) is 213 Å². The van der Waals surface area contributed by atoms with Gasteiger partial charge in [0, 0.05) is 12.8 Å². The first-order valence-corrected chi connectivity index (χ1v) is 22.8. The number of hydrogen-bond donors (Lipinski definition) is 0. The third-order valence-electron chi connectivity index (χ3n) is 9.57. The smallest absolute Gasteiger partial charge is 0.309 e. The molecule has 0 aromatic heterocycles. The van der Waals surface area contributed by atoms with Gasteiger partial charge in [0.15, 0.2) is 6.10 Å². The molecule has 0 aromatic rings. The van der Waals surface area contributed by atoms with Crippen LogP contribution < -0.4 is 0 Å². The summed E-state index contributed by atoms with van der Waals surface area (Å²) in [7, 11) is 0. The second-order valence-electron chi connectivity index (χ2n) is 15.0. The quantitative estimate of drug-likeness (QED) is 0.0203. The predicted octanol–water partition coefficient (Wildman–Crippen LogP) is 14.5. The van der Waals surface area contributed by atoms with Crippen LogP contribution in [0.15, 0.2) is 60.8 Å². The molecule has 0 rings (SSSR count). The molecule has 0 amide bonds. The Kier molecular flexibility index (Phi) is 41.5. The zero-order valence-corrected chi connectivity index (χ0v) is 35.9. The molecule has 316 valence electrons. The van der Waals surface area contributed by atoms with E-state index < -0.39 is 12.1 Å². The fourth-order valence-corrected chi connectivity index (χ4v) is 6.14. The lowest BCUT2D eigenvalue weighted by molar-refractivity contribution is -0.166. The van der Waals surface area contributed by atoms with Crippen molar-refractivity contribution in [2.75, 3.05) is 13.2 Å². The van der Waals surface area contributed by atoms with Crippen molar-refractivity contribution in [2.24, 2.45) is 0 Å². The van der Waals surface area contributed by atoms with Crippen LogP contribution in [0, 0.1) is 0 Å². The van der Waals surface area contributed by atoms with Gasteiger partial charge < -0.3 is 14.2 Å². The van der Waals surface area contributed by atoms with Crippen molar-refractivity contribution in [3.8, 4) is 0 Å². The van der Waals surface area contributed by atoms with Gasteiger partial charge in [-0.3, -0.25) is 14.4 Å². The summed E-state index contributed by atoms with van der Waals surface area (Å²) in [5.41, 5.74) is 0. The maximum atomic E-state index is 12.7. The van der Waals surface area contributed by atoms with Gasteiger partial charge in [-0.15, -0.1) is 0 Å². The van der Waals surface area contributed by atoms with Crippen molar-refractivity contribution in [2.45, 2.75) is 219 Å². The monoisotopic (exact) mass is 769 g/mol. The van der Waals surface area contributed by atoms with Crippen LogP contribution in [0.2, 0.25) is 0 Å². The highest BCUT2D eigenvalue weighted by atomic mass is 16.6. The standard InChI is InChI=1S/C49H84O6/c1-4-7-10-13-16-19-21-23-24-25-26-28-30-33-36-39-42-48(51)54-45-46(44-53-47(50)41-38-35-32-29-18-15-12-9-6-3)55-49(52)43-40-37-34-31-27-22-20-17-14-11-8-5-2/h9,12,18,24-26,28-29,35,38,46H,4-8,10-11,13-17,19-23,27,30-34,36-37,39-45H2,1-3H3/b12-9-,25-24-,28-26-,29-18-,38-35-. The minimum Gasteiger partial charge on any atom is -0.462 e. The number of ether oxygens (including phenoxy) is 3. The van der Waals surface area contributed by atoms with E-state index in [0.717, 1.165) is 70.6 Å². The van der Waals surface area contributed by atoms with Crippen molar-refractivity contribution in [1.29, 1.82) is 0 Å². The Morgan fingerprint density at radius 1 is 0.418 bits per heavy atom. The van der Waals surface area contributed by atoms with Gasteiger partial charge in [0.05, 0.1) is 6.42 Å². The topological polar surface area (TPSA) is 78.9 Å². The average molecular weight is 769 g/mol. The molecular formula is C49H84O6. The fraction of sp³-hybridized carbons (Fsp3) is 0.735. The van der Waals surface area contributed by atoms with Gasteiger partial charge in [-0.25, -0.2) is 0 Å². The number of unbranched alkanes of at least 4 members (excludes halogenated alkanes) is 21. The van der Waals surface area contributed by atoms with E-state index >= 15 is 0 Å². The number of carbonyl (C=O) groups is 3. The van der Waals surface area contributed by atoms with Crippen LogP contribution in [0.5, 0.6) is 0 Å². The van der Waals surface area contributed by atoms with E-state index in [1.54, 1.807) is 6.08 Å². The summed E-state index contributed by atoms with van der Waals surface area (Å²) < 4.78 is 16.6. The Hall–Kier alpha value is -2.89. The second-order valence-corrected chi connectivity index (χ2v) is 15.0. The molecule has 0 spiro atoms. The maximum Gasteiger partial charge on any atom is 0.309 e. The van der Waals surface area contributed by atoms with Crippen molar-refractivity contribution in [3.05, 3.63) is 60.8 Å². The Morgan fingerprint density at radius 2 is 0.818 bits per heavy atom. The summed E-state index contributed by atoms with van der Waals surface area (Å²) in [5.74, 6) is -1.07. The molecular weight excluding hydrogens is 685 g/mol. The molecule has 0 N–H and O–H groups in total. The first-order valence-electron chi connectivity index (χ1n) is 22.8. The van der Waals surface area contributed by atoms with Crippen molar-refractivity contribution < 1.29 is 28.6 Å². The highest BCUT2D eigenvalue weighted by Gasteiger charge is 2.19. The highest BCUT2D eigenvalue weighted by molar-refractivity contribution is 5.72. The molecule has 0 aromatic carbocycles. The summed E-state index contributed by atoms with van der Waals surface area (Å²) >= 11 is 0. The van der Waals surface area contributed by atoms with Crippen molar-refractivity contribution >= 4 is 17.9 Å². The zero-order valence-electron chi connectivity index (χ0n) is 35.9. The minimum absolute atomic E-state index is 0.114. The van der Waals surface area contributed by atoms with E-state index in [4.69, 9.17) is 14.2 Å². The normalized spacial score (nSPS) is 12.6. The Labute approximate surface area is 339 Å². The highest BCUT2D eigenvalue weighted by Crippen LogP contribution is 2.14. The van der Waals surface area contributed by atoms with Crippen LogP contribution in [-0.4, -0.2) is 37.2 Å². The molecule has 0 bridgehead atoms. The van der Waals surface area contributed by atoms with Gasteiger partial charge in [-0.2, -0.15) is 0 Å². The lowest BCUT2D eigenvalue weighted by Gasteiger charge is -2.18. The Balaban J connectivity index is 4.44. The molecule has 0 aliphatic carbocycles. The van der Waals surface area contributed by atoms with E-state index in [2.05, 4.69) is 69.4 Å². The van der Waals surface area contributed by atoms with Gasteiger partial charge in [-0.1, -0.05) is 197 Å². The van der Waals surface area contributed by atoms with Crippen LogP contribution in [0.3, 0.4) is 0 Å². The van der Waals surface area contributed by atoms with E-state index in [1.807, 2.05) is 6.08 Å². The molecule has 0 heterocycles. The first kappa shape index (κ1) is 52.1. The maximum absolute atomic E-state index is 12.7. The van der Waals surface area contributed by atoms with Crippen LogP contribution in [-0.2, 0) is 28.6 Å². The third-order valence-corrected chi connectivity index (χ3v) is 9.57. The fourth-order valence-electron chi connectivity index (χ4n) is 6.14. The molecule has 0 fully saturated rings. The summed E-state index contributed by atoms with van der Waals surface area (Å²) in [6, 6.07) is 0. The molecule has 0 radical (unpaired) electrons. The summed E-state index contributed by atoms with van der Waals surface area (Å²) in [4.78, 5) is 37.6. The molecule has 0 saturated heterocycles. The molecule has 55 heavy (non-hydrogen) atoms. The number of hydrogen-bond acceptors (Lipinski definition) is 6. The first-order chi connectivity index (χ1) is 27.0. The van der Waals surface area contributed by atoms with Gasteiger partial charge in [-0.05, 0) is 57.8 Å². The van der Waals surface area contributed by atoms with Gasteiger partial charge in [0.2, 0.25) is 0 Å². The molecule has 0 saturated carbocycles. The summed E-state index contributed by atoms with van der Waals surface area (Å²) in [6.07, 6.45) is 52.4. The molecule has 0 aliphatic rings. The lowest BCUT2D eigenvalue weighted by Crippen LogP contribution is -2.30. The van der Waals surface area contributed by atoms with Crippen LogP contribution >= 0.6 is 0 Å². The SMILES string of the molecule is CC/C=C\C/C=C\C/C=C\CC(=O)OCC(COC(=O)CCCCC/C=C\C=C/CCCCCCCCC)OC(=O)CCCCCCCCCCCCCC. The summed E-state index contributed by atoms with van der Waals surface area (Å²) in [6.45, 7) is 6.38. The van der Waals surface area contributed by atoms with Gasteiger partial charge in [0.1, 0.15) is 13.2 Å². The van der Waals surface area contributed by atoms with Crippen LogP contribution in [0.4, 0.5) is 0 Å². The number of allylic oxidation sites excluding steroid dienone is 9. The van der Waals surface area contributed by atoms with Crippen molar-refractivity contribution in [1.82, 2.24) is 0 Å². The van der Waals surface area contributed by atoms with E-state index in [1.165, 1.54) is 103 Å². The zero-order chi connectivity index (χ0) is 40.1. The minimum atomic E-state index is -0.815. The Morgan fingerprint density at radius 3 is 1.33 bits per heavy atom. The number of esters is 3.